The molecule has 1 aromatic heterocycles. The van der Waals surface area contributed by atoms with Crippen LogP contribution in [-0.4, -0.2) is 36.8 Å². The summed E-state index contributed by atoms with van der Waals surface area (Å²) in [5.74, 6) is 1.63. The third kappa shape index (κ3) is 3.80. The number of ether oxygens (including phenoxy) is 1. The van der Waals surface area contributed by atoms with Crippen LogP contribution in [0.2, 0.25) is 5.15 Å². The van der Waals surface area contributed by atoms with Gasteiger partial charge in [0.2, 0.25) is 0 Å². The topological polar surface area (TPSA) is 38.2 Å². The number of nitrogens with zero attached hydrogens (tertiary/aromatic N) is 3. The zero-order valence-corrected chi connectivity index (χ0v) is 13.7. The number of likely N-dealkylation sites (N-methyl/N-ethyl adjacent to an activating group) is 1. The van der Waals surface area contributed by atoms with Gasteiger partial charge in [0.25, 0.3) is 0 Å². The summed E-state index contributed by atoms with van der Waals surface area (Å²) in [6.45, 7) is 10.9. The first-order chi connectivity index (χ1) is 8.68. The number of hydrogen-bond acceptors (Lipinski definition) is 4. The van der Waals surface area contributed by atoms with Gasteiger partial charge in [-0.25, -0.2) is 9.97 Å². The lowest BCUT2D eigenvalue weighted by Crippen LogP contribution is -2.34. The first-order valence-corrected chi connectivity index (χ1v) is 6.82. The van der Waals surface area contributed by atoms with Crippen LogP contribution in [0, 0.1) is 6.92 Å². The lowest BCUT2D eigenvalue weighted by molar-refractivity contribution is 0.183. The van der Waals surface area contributed by atoms with Crippen LogP contribution < -0.4 is 4.90 Å². The van der Waals surface area contributed by atoms with Crippen LogP contribution in [0.1, 0.15) is 39.1 Å². The Kier molecular flexibility index (Phi) is 5.16. The van der Waals surface area contributed by atoms with Crippen molar-refractivity contribution in [1.82, 2.24) is 9.97 Å². The number of hydrogen-bond donors (Lipinski definition) is 0. The van der Waals surface area contributed by atoms with Crippen molar-refractivity contribution < 1.29 is 4.74 Å². The van der Waals surface area contributed by atoms with Crippen molar-refractivity contribution in [2.75, 3.05) is 25.7 Å². The maximum absolute atomic E-state index is 6.24. The van der Waals surface area contributed by atoms with Crippen LogP contribution in [0.5, 0.6) is 0 Å². The standard InChI is InChI=1S/C14H24ClN3O/c1-9(8-19-7)18(6)12-10(2)11(15)16-13(17-12)14(3,4)5/h9H,8H2,1-7H3. The van der Waals surface area contributed by atoms with E-state index in [1.807, 2.05) is 14.0 Å². The number of halogens is 1. The molecule has 0 bridgehead atoms. The van der Waals surface area contributed by atoms with E-state index in [1.54, 1.807) is 7.11 Å². The molecule has 4 nitrogen and oxygen atoms in total. The molecule has 0 spiro atoms. The van der Waals surface area contributed by atoms with E-state index < -0.39 is 0 Å². The first kappa shape index (κ1) is 16.2. The summed E-state index contributed by atoms with van der Waals surface area (Å²) in [6.07, 6.45) is 0. The van der Waals surface area contributed by atoms with Crippen molar-refractivity contribution >= 4 is 17.4 Å². The van der Waals surface area contributed by atoms with Crippen LogP contribution in [0.25, 0.3) is 0 Å². The molecule has 0 aliphatic carbocycles. The van der Waals surface area contributed by atoms with Crippen LogP contribution in [0.4, 0.5) is 5.82 Å². The molecule has 0 aliphatic rings. The van der Waals surface area contributed by atoms with E-state index in [9.17, 15) is 0 Å². The second-order valence-corrected chi connectivity index (χ2v) is 6.31. The van der Waals surface area contributed by atoms with E-state index in [0.717, 1.165) is 17.2 Å². The molecule has 0 saturated heterocycles. The Morgan fingerprint density at radius 1 is 1.32 bits per heavy atom. The lowest BCUT2D eigenvalue weighted by atomic mass is 9.95. The zero-order valence-electron chi connectivity index (χ0n) is 12.9. The maximum atomic E-state index is 6.24. The second kappa shape index (κ2) is 6.06. The van der Waals surface area contributed by atoms with E-state index in [2.05, 4.69) is 42.6 Å². The van der Waals surface area contributed by atoms with E-state index in [4.69, 9.17) is 16.3 Å². The minimum atomic E-state index is -0.128. The normalized spacial score (nSPS) is 13.5. The minimum absolute atomic E-state index is 0.128. The monoisotopic (exact) mass is 285 g/mol. The quantitative estimate of drug-likeness (QED) is 0.796. The lowest BCUT2D eigenvalue weighted by Gasteiger charge is -2.28. The van der Waals surface area contributed by atoms with Crippen LogP contribution in [-0.2, 0) is 10.2 Å². The Bertz CT molecular complexity index is 443. The molecule has 0 fully saturated rings. The number of anilines is 1. The Hall–Kier alpha value is -0.870. The van der Waals surface area contributed by atoms with Crippen molar-refractivity contribution in [1.29, 1.82) is 0 Å². The van der Waals surface area contributed by atoms with E-state index in [-0.39, 0.29) is 11.5 Å². The molecular weight excluding hydrogens is 262 g/mol. The zero-order chi connectivity index (χ0) is 14.8. The summed E-state index contributed by atoms with van der Waals surface area (Å²) in [6, 6.07) is 0.225. The highest BCUT2D eigenvalue weighted by atomic mass is 35.5. The Balaban J connectivity index is 3.23. The van der Waals surface area contributed by atoms with Crippen molar-refractivity contribution in [2.45, 2.75) is 46.1 Å². The number of rotatable bonds is 4. The minimum Gasteiger partial charge on any atom is -0.383 e. The van der Waals surface area contributed by atoms with Gasteiger partial charge in [-0.2, -0.15) is 0 Å². The van der Waals surface area contributed by atoms with Crippen LogP contribution >= 0.6 is 11.6 Å². The van der Waals surface area contributed by atoms with Crippen molar-refractivity contribution in [3.8, 4) is 0 Å². The van der Waals surface area contributed by atoms with Gasteiger partial charge in [0.05, 0.1) is 12.6 Å². The van der Waals surface area contributed by atoms with Gasteiger partial charge < -0.3 is 9.64 Å². The highest BCUT2D eigenvalue weighted by Gasteiger charge is 2.23. The first-order valence-electron chi connectivity index (χ1n) is 6.44. The molecule has 0 saturated carbocycles. The fourth-order valence-corrected chi connectivity index (χ4v) is 1.88. The van der Waals surface area contributed by atoms with Gasteiger partial charge in [0.1, 0.15) is 16.8 Å². The smallest absolute Gasteiger partial charge is 0.137 e. The molecule has 108 valence electrons. The van der Waals surface area contributed by atoms with Gasteiger partial charge in [-0.3, -0.25) is 0 Å². The van der Waals surface area contributed by atoms with Gasteiger partial charge in [-0.15, -0.1) is 0 Å². The van der Waals surface area contributed by atoms with Crippen LogP contribution in [0.15, 0.2) is 0 Å². The van der Waals surface area contributed by atoms with Gasteiger partial charge in [-0.1, -0.05) is 32.4 Å². The highest BCUT2D eigenvalue weighted by molar-refractivity contribution is 6.30. The largest absolute Gasteiger partial charge is 0.383 e. The predicted molar refractivity (Wildman–Crippen MR) is 80.2 cm³/mol. The second-order valence-electron chi connectivity index (χ2n) is 5.95. The molecule has 5 heteroatoms. The molecule has 0 N–H and O–H groups in total. The summed E-state index contributed by atoms with van der Waals surface area (Å²) < 4.78 is 5.20. The molecule has 1 heterocycles. The number of methoxy groups -OCH3 is 1. The summed E-state index contributed by atoms with van der Waals surface area (Å²) in [5, 5.41) is 0.520. The molecule has 1 aromatic rings. The van der Waals surface area contributed by atoms with Gasteiger partial charge >= 0.3 is 0 Å². The van der Waals surface area contributed by atoms with E-state index in [0.29, 0.717) is 11.8 Å². The van der Waals surface area contributed by atoms with Gasteiger partial charge in [0.15, 0.2) is 0 Å². The van der Waals surface area contributed by atoms with Crippen molar-refractivity contribution in [3.05, 3.63) is 16.5 Å². The third-order valence-corrected chi connectivity index (χ3v) is 3.50. The van der Waals surface area contributed by atoms with Gasteiger partial charge in [-0.05, 0) is 13.8 Å². The molecule has 0 radical (unpaired) electrons. The fourth-order valence-electron chi connectivity index (χ4n) is 1.72. The molecule has 1 unspecified atom stereocenters. The third-order valence-electron chi connectivity index (χ3n) is 3.13. The Morgan fingerprint density at radius 2 is 1.89 bits per heavy atom. The van der Waals surface area contributed by atoms with Gasteiger partial charge in [0, 0.05) is 25.1 Å². The molecule has 0 aromatic carbocycles. The van der Waals surface area contributed by atoms with E-state index in [1.165, 1.54) is 0 Å². The molecule has 1 atom stereocenters. The molecule has 19 heavy (non-hydrogen) atoms. The number of aromatic nitrogens is 2. The Morgan fingerprint density at radius 3 is 2.37 bits per heavy atom. The Labute approximate surface area is 121 Å². The summed E-state index contributed by atoms with van der Waals surface area (Å²) in [4.78, 5) is 11.2. The summed E-state index contributed by atoms with van der Waals surface area (Å²) in [5.41, 5.74) is 0.775. The molecule has 1 rings (SSSR count). The molecule has 0 aliphatic heterocycles. The van der Waals surface area contributed by atoms with Crippen molar-refractivity contribution in [3.63, 3.8) is 0 Å². The van der Waals surface area contributed by atoms with E-state index >= 15 is 0 Å². The molecular formula is C14H24ClN3O. The fraction of sp³-hybridized carbons (Fsp3) is 0.714. The maximum Gasteiger partial charge on any atom is 0.137 e. The highest BCUT2D eigenvalue weighted by Crippen LogP contribution is 2.28. The summed E-state index contributed by atoms with van der Waals surface area (Å²) in [7, 11) is 3.70. The van der Waals surface area contributed by atoms with Crippen LogP contribution in [0.3, 0.4) is 0 Å². The summed E-state index contributed by atoms with van der Waals surface area (Å²) >= 11 is 6.24. The average Bonchev–Trinajstić information content (AvgIpc) is 2.30. The predicted octanol–water partition coefficient (Wildman–Crippen LogP) is 3.21. The van der Waals surface area contributed by atoms with Crippen molar-refractivity contribution in [2.24, 2.45) is 0 Å². The SMILES string of the molecule is COCC(C)N(C)c1nc(C(C)(C)C)nc(Cl)c1C. The average molecular weight is 286 g/mol. The molecule has 0 amide bonds.